The minimum absolute atomic E-state index is 0.152. The van der Waals surface area contributed by atoms with E-state index in [4.69, 9.17) is 16.2 Å². The third-order valence-electron chi connectivity index (χ3n) is 2.23. The van der Waals surface area contributed by atoms with Crippen LogP contribution < -0.4 is 16.8 Å². The molecule has 19 heavy (non-hydrogen) atoms. The van der Waals surface area contributed by atoms with Gasteiger partial charge in [-0.2, -0.15) is 0 Å². The summed E-state index contributed by atoms with van der Waals surface area (Å²) in [5, 5.41) is 1.81. The number of nitrogens with one attached hydrogen (secondary N) is 1. The van der Waals surface area contributed by atoms with Crippen molar-refractivity contribution in [3.05, 3.63) is 23.5 Å². The first-order valence-corrected chi connectivity index (χ1v) is 5.34. The zero-order valence-corrected chi connectivity index (χ0v) is 10.5. The lowest BCUT2D eigenvalue weighted by molar-refractivity contribution is -0.127. The van der Waals surface area contributed by atoms with Gasteiger partial charge in [-0.15, -0.1) is 0 Å². The van der Waals surface area contributed by atoms with Gasteiger partial charge in [-0.25, -0.2) is 9.59 Å². The van der Waals surface area contributed by atoms with Crippen LogP contribution in [0.4, 0.5) is 10.5 Å². The Hall–Kier alpha value is -2.64. The quantitative estimate of drug-likeness (QED) is 0.643. The molecular weight excluding hydrogens is 252 g/mol. The van der Waals surface area contributed by atoms with E-state index in [0.29, 0.717) is 11.4 Å². The number of hydrogen-bond acceptors (Lipinski definition) is 6. The van der Waals surface area contributed by atoms with E-state index in [1.54, 1.807) is 6.92 Å². The lowest BCUT2D eigenvalue weighted by atomic mass is 10.2. The number of primary amides is 1. The number of carbonyl (C=O) groups is 3. The van der Waals surface area contributed by atoms with Crippen LogP contribution >= 0.6 is 0 Å². The van der Waals surface area contributed by atoms with Gasteiger partial charge in [0.25, 0.3) is 5.91 Å². The molecule has 0 fully saturated rings. The van der Waals surface area contributed by atoms with Crippen LogP contribution in [0.15, 0.2) is 12.3 Å². The first-order valence-electron chi connectivity index (χ1n) is 5.34. The SMILES string of the molecule is Cc1ncc(N)cc1C(=O)OC(C)C(=O)NC(N)=O. The van der Waals surface area contributed by atoms with E-state index >= 15 is 0 Å². The van der Waals surface area contributed by atoms with Crippen molar-refractivity contribution in [1.29, 1.82) is 0 Å². The zero-order chi connectivity index (χ0) is 14.6. The van der Waals surface area contributed by atoms with Crippen molar-refractivity contribution in [2.24, 2.45) is 5.73 Å². The molecule has 0 aliphatic carbocycles. The van der Waals surface area contributed by atoms with Crippen LogP contribution in [0.2, 0.25) is 0 Å². The molecule has 0 aromatic carbocycles. The van der Waals surface area contributed by atoms with Gasteiger partial charge in [0.1, 0.15) is 0 Å². The van der Waals surface area contributed by atoms with Crippen molar-refractivity contribution in [1.82, 2.24) is 10.3 Å². The molecule has 1 rings (SSSR count). The topological polar surface area (TPSA) is 137 Å². The van der Waals surface area contributed by atoms with Gasteiger partial charge in [0.15, 0.2) is 6.10 Å². The van der Waals surface area contributed by atoms with E-state index in [-0.39, 0.29) is 5.56 Å². The van der Waals surface area contributed by atoms with Gasteiger partial charge in [-0.1, -0.05) is 0 Å². The number of nitrogens with zero attached hydrogens (tertiary/aromatic N) is 1. The molecule has 5 N–H and O–H groups in total. The van der Waals surface area contributed by atoms with Gasteiger partial charge in [-0.05, 0) is 19.9 Å². The van der Waals surface area contributed by atoms with Crippen LogP contribution in [0.1, 0.15) is 23.0 Å². The maximum absolute atomic E-state index is 11.8. The first-order chi connectivity index (χ1) is 8.81. The highest BCUT2D eigenvalue weighted by molar-refractivity contribution is 5.98. The summed E-state index contributed by atoms with van der Waals surface area (Å²) in [7, 11) is 0. The smallest absolute Gasteiger partial charge is 0.340 e. The van der Waals surface area contributed by atoms with E-state index in [1.807, 2.05) is 5.32 Å². The highest BCUT2D eigenvalue weighted by atomic mass is 16.5. The molecule has 0 saturated heterocycles. The molecule has 1 aromatic rings. The molecule has 0 aliphatic rings. The van der Waals surface area contributed by atoms with E-state index in [0.717, 1.165) is 0 Å². The highest BCUT2D eigenvalue weighted by Gasteiger charge is 2.21. The van der Waals surface area contributed by atoms with E-state index in [2.05, 4.69) is 4.98 Å². The number of amides is 3. The van der Waals surface area contributed by atoms with Gasteiger partial charge in [0.2, 0.25) is 0 Å². The number of imide groups is 1. The normalized spacial score (nSPS) is 11.5. The number of aromatic nitrogens is 1. The first kappa shape index (κ1) is 14.4. The molecular formula is C11H14N4O4. The van der Waals surface area contributed by atoms with Crippen molar-refractivity contribution in [3.8, 4) is 0 Å². The summed E-state index contributed by atoms with van der Waals surface area (Å²) in [6.07, 6.45) is 0.232. The molecule has 1 atom stereocenters. The number of rotatable bonds is 3. The summed E-state index contributed by atoms with van der Waals surface area (Å²) in [6, 6.07) is 0.373. The van der Waals surface area contributed by atoms with Crippen LogP contribution in [0.5, 0.6) is 0 Å². The Morgan fingerprint density at radius 3 is 2.63 bits per heavy atom. The highest BCUT2D eigenvalue weighted by Crippen LogP contribution is 2.12. The van der Waals surface area contributed by atoms with Crippen LogP contribution in [0, 0.1) is 6.92 Å². The Morgan fingerprint density at radius 1 is 1.42 bits per heavy atom. The van der Waals surface area contributed by atoms with Crippen molar-refractivity contribution in [2.75, 3.05) is 5.73 Å². The minimum Gasteiger partial charge on any atom is -0.449 e. The second-order valence-electron chi connectivity index (χ2n) is 3.80. The monoisotopic (exact) mass is 266 g/mol. The standard InChI is InChI=1S/C11H14N4O4/c1-5-8(3-7(12)4-14-5)10(17)19-6(2)9(16)15-11(13)18/h3-4,6H,12H2,1-2H3,(H3,13,15,16,18). The number of urea groups is 1. The lowest BCUT2D eigenvalue weighted by Crippen LogP contribution is -2.42. The Labute approximate surface area is 109 Å². The van der Waals surface area contributed by atoms with Crippen LogP contribution in [-0.2, 0) is 9.53 Å². The summed E-state index contributed by atoms with van der Waals surface area (Å²) in [5.41, 5.74) is 11.2. The molecule has 0 aliphatic heterocycles. The zero-order valence-electron chi connectivity index (χ0n) is 10.5. The number of nitrogen functional groups attached to an aromatic ring is 1. The number of carbonyl (C=O) groups excluding carboxylic acids is 3. The van der Waals surface area contributed by atoms with E-state index < -0.39 is 24.0 Å². The summed E-state index contributed by atoms with van der Waals surface area (Å²) < 4.78 is 4.88. The summed E-state index contributed by atoms with van der Waals surface area (Å²) in [4.78, 5) is 37.5. The Kier molecular flexibility index (Phi) is 4.41. The number of anilines is 1. The fraction of sp³-hybridized carbons (Fsp3) is 0.273. The summed E-state index contributed by atoms with van der Waals surface area (Å²) in [6.45, 7) is 2.91. The second-order valence-corrected chi connectivity index (χ2v) is 3.80. The lowest BCUT2D eigenvalue weighted by Gasteiger charge is -2.13. The molecule has 3 amide bonds. The molecule has 102 valence electrons. The number of nitrogens with two attached hydrogens (primary N) is 2. The maximum atomic E-state index is 11.8. The fourth-order valence-corrected chi connectivity index (χ4v) is 1.26. The molecule has 8 heteroatoms. The van der Waals surface area contributed by atoms with Crippen molar-refractivity contribution < 1.29 is 19.1 Å². The maximum Gasteiger partial charge on any atom is 0.340 e. The Morgan fingerprint density at radius 2 is 2.05 bits per heavy atom. The predicted molar refractivity (Wildman–Crippen MR) is 66.0 cm³/mol. The number of esters is 1. The Bertz CT molecular complexity index is 529. The van der Waals surface area contributed by atoms with E-state index in [9.17, 15) is 14.4 Å². The summed E-state index contributed by atoms with van der Waals surface area (Å²) >= 11 is 0. The van der Waals surface area contributed by atoms with Crippen molar-refractivity contribution >= 4 is 23.6 Å². The number of aryl methyl sites for hydroxylation is 1. The molecule has 0 saturated carbocycles. The molecule has 0 spiro atoms. The Balaban J connectivity index is 2.77. The van der Waals surface area contributed by atoms with Crippen LogP contribution in [0.3, 0.4) is 0 Å². The largest absolute Gasteiger partial charge is 0.449 e. The minimum atomic E-state index is -1.17. The third kappa shape index (κ3) is 3.95. The molecule has 1 unspecified atom stereocenters. The number of hydrogen-bond donors (Lipinski definition) is 3. The average molecular weight is 266 g/mol. The van der Waals surface area contributed by atoms with Gasteiger partial charge in [0, 0.05) is 0 Å². The van der Waals surface area contributed by atoms with Gasteiger partial charge in [-0.3, -0.25) is 15.1 Å². The molecule has 1 heterocycles. The average Bonchev–Trinajstić information content (AvgIpc) is 2.31. The number of pyridine rings is 1. The third-order valence-corrected chi connectivity index (χ3v) is 2.23. The molecule has 8 nitrogen and oxygen atoms in total. The fourth-order valence-electron chi connectivity index (χ4n) is 1.26. The van der Waals surface area contributed by atoms with Gasteiger partial charge >= 0.3 is 12.0 Å². The number of ether oxygens (including phenoxy) is 1. The molecule has 0 bridgehead atoms. The van der Waals surface area contributed by atoms with Gasteiger partial charge < -0.3 is 16.2 Å². The van der Waals surface area contributed by atoms with Gasteiger partial charge in [0.05, 0.1) is 23.1 Å². The van der Waals surface area contributed by atoms with Crippen molar-refractivity contribution in [3.63, 3.8) is 0 Å². The van der Waals surface area contributed by atoms with Crippen molar-refractivity contribution in [2.45, 2.75) is 20.0 Å². The van der Waals surface area contributed by atoms with E-state index in [1.165, 1.54) is 19.2 Å². The second kappa shape index (κ2) is 5.80. The molecule has 0 radical (unpaired) electrons. The van der Waals surface area contributed by atoms with Crippen LogP contribution in [0.25, 0.3) is 0 Å². The van der Waals surface area contributed by atoms with Crippen LogP contribution in [-0.4, -0.2) is 29.0 Å². The predicted octanol–water partition coefficient (Wildman–Crippen LogP) is -0.288. The molecule has 1 aromatic heterocycles. The summed E-state index contributed by atoms with van der Waals surface area (Å²) in [5.74, 6) is -1.57.